The van der Waals surface area contributed by atoms with Gasteiger partial charge in [0.2, 0.25) is 0 Å². The maximum atomic E-state index is 11.0. The van der Waals surface area contributed by atoms with Crippen LogP contribution in [0, 0.1) is 0 Å². The van der Waals surface area contributed by atoms with Gasteiger partial charge in [-0.2, -0.15) is 0 Å². The Labute approximate surface area is 61.9 Å². The number of hydrogen-bond donors (Lipinski definition) is 0. The van der Waals surface area contributed by atoms with Crippen LogP contribution in [0.1, 0.15) is 19.3 Å². The molecule has 0 aromatic rings. The van der Waals surface area contributed by atoms with Crippen LogP contribution >= 0.6 is 0 Å². The fraction of sp³-hybridized carbons (Fsp3) is 0.714. The summed E-state index contributed by atoms with van der Waals surface area (Å²) in [6.07, 6.45) is 7.74. The average Bonchev–Trinajstić information content (AvgIpc) is 1.88. The van der Waals surface area contributed by atoms with Crippen molar-refractivity contribution in [3.63, 3.8) is 0 Å². The molecule has 0 heterocycles. The number of hydrogen-bond acceptors (Lipinski definition) is 2. The van der Waals surface area contributed by atoms with Gasteiger partial charge in [-0.25, -0.2) is 8.42 Å². The van der Waals surface area contributed by atoms with E-state index >= 15 is 0 Å². The lowest BCUT2D eigenvalue weighted by molar-refractivity contribution is 0.574. The third-order valence-electron chi connectivity index (χ3n) is 1.83. The van der Waals surface area contributed by atoms with E-state index in [0.717, 1.165) is 12.8 Å². The van der Waals surface area contributed by atoms with E-state index in [0.29, 0.717) is 6.42 Å². The van der Waals surface area contributed by atoms with Crippen LogP contribution < -0.4 is 0 Å². The summed E-state index contributed by atoms with van der Waals surface area (Å²) in [5, 5.41) is -0.113. The van der Waals surface area contributed by atoms with Crippen molar-refractivity contribution < 1.29 is 8.42 Å². The fourth-order valence-corrected chi connectivity index (χ4v) is 2.18. The van der Waals surface area contributed by atoms with Crippen LogP contribution in [-0.2, 0) is 9.84 Å². The zero-order valence-corrected chi connectivity index (χ0v) is 6.89. The molecule has 2 nitrogen and oxygen atoms in total. The Morgan fingerprint density at radius 2 is 2.10 bits per heavy atom. The topological polar surface area (TPSA) is 34.1 Å². The maximum absolute atomic E-state index is 11.0. The van der Waals surface area contributed by atoms with Gasteiger partial charge in [-0.05, 0) is 19.3 Å². The van der Waals surface area contributed by atoms with E-state index in [4.69, 9.17) is 0 Å². The molecule has 0 aromatic heterocycles. The van der Waals surface area contributed by atoms with Crippen molar-refractivity contribution in [1.82, 2.24) is 0 Å². The first-order valence-corrected chi connectivity index (χ1v) is 5.40. The Hall–Kier alpha value is -0.310. The highest BCUT2D eigenvalue weighted by molar-refractivity contribution is 7.91. The summed E-state index contributed by atoms with van der Waals surface area (Å²) in [4.78, 5) is 0. The number of sulfone groups is 1. The van der Waals surface area contributed by atoms with Crippen molar-refractivity contribution in [2.45, 2.75) is 24.5 Å². The first-order valence-electron chi connectivity index (χ1n) is 3.44. The van der Waals surface area contributed by atoms with Crippen LogP contribution in [0.4, 0.5) is 0 Å². The Morgan fingerprint density at radius 3 is 2.40 bits per heavy atom. The highest BCUT2D eigenvalue weighted by Crippen LogP contribution is 2.17. The van der Waals surface area contributed by atoms with E-state index in [9.17, 15) is 8.42 Å². The zero-order chi connectivity index (χ0) is 7.61. The van der Waals surface area contributed by atoms with Crippen LogP contribution in [0.15, 0.2) is 12.2 Å². The molecule has 0 aromatic carbocycles. The van der Waals surface area contributed by atoms with Crippen LogP contribution in [-0.4, -0.2) is 19.9 Å². The maximum Gasteiger partial charge on any atom is 0.150 e. The van der Waals surface area contributed by atoms with Crippen LogP contribution in [0.25, 0.3) is 0 Å². The quantitative estimate of drug-likeness (QED) is 0.539. The summed E-state index contributed by atoms with van der Waals surface area (Å²) in [7, 11) is -2.78. The SMILES string of the molecule is CS(=O)(=O)C1CC=CCC1. The molecule has 1 aliphatic carbocycles. The second kappa shape index (κ2) is 2.74. The molecule has 0 amide bonds. The average molecular weight is 160 g/mol. The Bertz CT molecular complexity index is 226. The monoisotopic (exact) mass is 160 g/mol. The van der Waals surface area contributed by atoms with Crippen molar-refractivity contribution in [2.75, 3.05) is 6.26 Å². The van der Waals surface area contributed by atoms with Gasteiger partial charge in [0.15, 0.2) is 9.84 Å². The first-order chi connectivity index (χ1) is 4.61. The first kappa shape index (κ1) is 7.79. The Kier molecular flexibility index (Phi) is 2.14. The zero-order valence-electron chi connectivity index (χ0n) is 6.08. The van der Waals surface area contributed by atoms with Crippen molar-refractivity contribution in [3.05, 3.63) is 12.2 Å². The van der Waals surface area contributed by atoms with Crippen molar-refractivity contribution in [2.24, 2.45) is 0 Å². The van der Waals surface area contributed by atoms with Gasteiger partial charge in [-0.3, -0.25) is 0 Å². The minimum Gasteiger partial charge on any atom is -0.229 e. The second-order valence-corrected chi connectivity index (χ2v) is 5.06. The van der Waals surface area contributed by atoms with Crippen molar-refractivity contribution in [3.8, 4) is 0 Å². The van der Waals surface area contributed by atoms with Gasteiger partial charge in [0.1, 0.15) is 0 Å². The molecule has 0 fully saturated rings. The molecule has 10 heavy (non-hydrogen) atoms. The predicted molar refractivity (Wildman–Crippen MR) is 41.6 cm³/mol. The molecule has 1 unspecified atom stereocenters. The number of allylic oxidation sites excluding steroid dienone is 2. The number of rotatable bonds is 1. The highest BCUT2D eigenvalue weighted by Gasteiger charge is 2.19. The minimum absolute atomic E-state index is 0.113. The molecule has 58 valence electrons. The lowest BCUT2D eigenvalue weighted by atomic mass is 10.1. The van der Waals surface area contributed by atoms with Crippen LogP contribution in [0.5, 0.6) is 0 Å². The van der Waals surface area contributed by atoms with Gasteiger partial charge in [-0.15, -0.1) is 0 Å². The molecular weight excluding hydrogens is 148 g/mol. The molecule has 0 N–H and O–H groups in total. The van der Waals surface area contributed by atoms with E-state index in [2.05, 4.69) is 0 Å². The smallest absolute Gasteiger partial charge is 0.150 e. The molecule has 0 spiro atoms. The Balaban J connectivity index is 2.67. The third kappa shape index (κ3) is 1.84. The van der Waals surface area contributed by atoms with Crippen molar-refractivity contribution >= 4 is 9.84 Å². The summed E-state index contributed by atoms with van der Waals surface area (Å²) >= 11 is 0. The molecule has 0 radical (unpaired) electrons. The fourth-order valence-electron chi connectivity index (χ4n) is 1.15. The molecule has 1 aliphatic rings. The van der Waals surface area contributed by atoms with Gasteiger partial charge < -0.3 is 0 Å². The molecule has 1 atom stereocenters. The Morgan fingerprint density at radius 1 is 1.40 bits per heavy atom. The summed E-state index contributed by atoms with van der Waals surface area (Å²) < 4.78 is 21.9. The lowest BCUT2D eigenvalue weighted by Gasteiger charge is -2.14. The normalized spacial score (nSPS) is 26.7. The van der Waals surface area contributed by atoms with E-state index in [-0.39, 0.29) is 5.25 Å². The summed E-state index contributed by atoms with van der Waals surface area (Å²) in [5.74, 6) is 0. The molecule has 0 saturated carbocycles. The standard InChI is InChI=1S/C7H12O2S/c1-10(8,9)7-5-3-2-4-6-7/h2-3,7H,4-6H2,1H3. The predicted octanol–water partition coefficient (Wildman–Crippen LogP) is 1.14. The van der Waals surface area contributed by atoms with Crippen LogP contribution in [0.3, 0.4) is 0 Å². The lowest BCUT2D eigenvalue weighted by Crippen LogP contribution is -2.20. The van der Waals surface area contributed by atoms with Gasteiger partial charge in [0, 0.05) is 6.26 Å². The molecule has 0 saturated heterocycles. The molecule has 3 heteroatoms. The van der Waals surface area contributed by atoms with Gasteiger partial charge in [0.05, 0.1) is 5.25 Å². The van der Waals surface area contributed by atoms with E-state index in [1.54, 1.807) is 0 Å². The molecular formula is C7H12O2S. The largest absolute Gasteiger partial charge is 0.229 e. The summed E-state index contributed by atoms with van der Waals surface area (Å²) in [5.41, 5.74) is 0. The van der Waals surface area contributed by atoms with Gasteiger partial charge in [0.25, 0.3) is 0 Å². The third-order valence-corrected chi connectivity index (χ3v) is 3.47. The van der Waals surface area contributed by atoms with E-state index < -0.39 is 9.84 Å². The van der Waals surface area contributed by atoms with Gasteiger partial charge in [-0.1, -0.05) is 12.2 Å². The minimum atomic E-state index is -2.78. The second-order valence-electron chi connectivity index (χ2n) is 2.74. The molecule has 0 aliphatic heterocycles. The summed E-state index contributed by atoms with van der Waals surface area (Å²) in [6.45, 7) is 0. The highest BCUT2D eigenvalue weighted by atomic mass is 32.2. The van der Waals surface area contributed by atoms with Crippen LogP contribution in [0.2, 0.25) is 0 Å². The molecule has 1 rings (SSSR count). The van der Waals surface area contributed by atoms with Crippen molar-refractivity contribution in [1.29, 1.82) is 0 Å². The van der Waals surface area contributed by atoms with Gasteiger partial charge >= 0.3 is 0 Å². The van der Waals surface area contributed by atoms with E-state index in [1.807, 2.05) is 12.2 Å². The molecule has 0 bridgehead atoms. The summed E-state index contributed by atoms with van der Waals surface area (Å²) in [6, 6.07) is 0. The van der Waals surface area contributed by atoms with E-state index in [1.165, 1.54) is 6.26 Å².